The number of carbonyl (C=O) groups excluding carboxylic acids is 6. The van der Waals surface area contributed by atoms with Crippen molar-refractivity contribution in [1.29, 1.82) is 0 Å². The van der Waals surface area contributed by atoms with Crippen molar-refractivity contribution in [3.63, 3.8) is 0 Å². The van der Waals surface area contributed by atoms with Gasteiger partial charge in [0.25, 0.3) is 0 Å². The number of fused-ring (bicyclic) bond motifs is 6. The van der Waals surface area contributed by atoms with Gasteiger partial charge in [-0.2, -0.15) is 0 Å². The monoisotopic (exact) mass is 1560 g/mol. The molecule has 0 spiro atoms. The van der Waals surface area contributed by atoms with E-state index in [1.165, 1.54) is 0 Å². The Morgan fingerprint density at radius 3 is 0.807 bits per heavy atom. The van der Waals surface area contributed by atoms with Gasteiger partial charge in [-0.05, 0) is 194 Å². The molecule has 5 N–H and O–H groups in total. The van der Waals surface area contributed by atoms with Gasteiger partial charge in [0.05, 0.1) is 36.9 Å². The molecule has 612 valence electrons. The second kappa shape index (κ2) is 38.4. The maximum Gasteiger partial charge on any atom is 0.203 e. The minimum atomic E-state index is -0.446. The third-order valence-corrected chi connectivity index (χ3v) is 17.2. The number of hydrogen-bond donors (Lipinski definition) is 4. The van der Waals surface area contributed by atoms with Crippen molar-refractivity contribution in [3.8, 4) is 34.5 Å². The highest BCUT2D eigenvalue weighted by Crippen LogP contribution is 2.35. The summed E-state index contributed by atoms with van der Waals surface area (Å²) >= 11 is 0. The fourth-order valence-corrected chi connectivity index (χ4v) is 11.1. The lowest BCUT2D eigenvalue weighted by Crippen LogP contribution is -2.20. The highest BCUT2D eigenvalue weighted by Gasteiger charge is 2.31. The van der Waals surface area contributed by atoms with Crippen molar-refractivity contribution in [2.24, 2.45) is 38.2 Å². The van der Waals surface area contributed by atoms with Gasteiger partial charge in [0.1, 0.15) is 71.4 Å². The number of benzene rings is 6. The molecule has 6 aromatic heterocycles. The predicted molar refractivity (Wildman–Crippen MR) is 457 cm³/mol. The van der Waals surface area contributed by atoms with E-state index in [9.17, 15) is 28.8 Å². The van der Waals surface area contributed by atoms with Crippen LogP contribution in [0.15, 0.2) is 159 Å². The SMILES string of the molecule is CC(C)(C)C(=O)c1cc2cc(OCN)ccc2[nH]1.CCCOc1ccc2[nH]c(C(=O)C(C)(C)C)cc2c1.CCCOc1ccc2oc(C(=O)C(C)(C)C)cc2c1.CCOc1ccc2oc(C(=O)C(C)(C)C)cc2c1.CN(C)COc1ccc2[nH]c(C(=O)C(C)(C)C)cc2c1.CN(C)COc1ccc2oc(C(=O)C(C)(C)C)cc2c1. The Hall–Kier alpha value is -10.7. The minimum absolute atomic E-state index is 0.00413. The predicted octanol–water partition coefficient (Wildman–Crippen LogP) is 22.2. The molecule has 0 fully saturated rings. The summed E-state index contributed by atoms with van der Waals surface area (Å²) in [6.45, 7) is 43.5. The molecule has 0 radical (unpaired) electrons. The maximum absolute atomic E-state index is 12.3. The van der Waals surface area contributed by atoms with E-state index in [0.717, 1.165) is 96.0 Å². The van der Waals surface area contributed by atoms with Crippen molar-refractivity contribution in [2.75, 3.05) is 68.2 Å². The summed E-state index contributed by atoms with van der Waals surface area (Å²) in [5, 5.41) is 5.65. The summed E-state index contributed by atoms with van der Waals surface area (Å²) in [5.41, 5.74) is 9.79. The Morgan fingerprint density at radius 1 is 0.316 bits per heavy atom. The second-order valence-electron chi connectivity index (χ2n) is 34.8. The molecule has 0 atom stereocenters. The van der Waals surface area contributed by atoms with E-state index in [1.807, 2.05) is 297 Å². The van der Waals surface area contributed by atoms with E-state index in [0.29, 0.717) is 84.6 Å². The molecule has 114 heavy (non-hydrogen) atoms. The number of furan rings is 3. The quantitative estimate of drug-likeness (QED) is 0.0362. The van der Waals surface area contributed by atoms with Crippen LogP contribution in [0.2, 0.25) is 0 Å². The van der Waals surface area contributed by atoms with Gasteiger partial charge >= 0.3 is 0 Å². The number of aromatic nitrogens is 3. The molecule has 0 aliphatic carbocycles. The number of aromatic amines is 3. The molecule has 0 amide bonds. The van der Waals surface area contributed by atoms with Gasteiger partial charge in [-0.1, -0.05) is 138 Å². The number of ketones is 6. The van der Waals surface area contributed by atoms with Gasteiger partial charge in [0.2, 0.25) is 17.3 Å². The molecule has 0 aliphatic rings. The van der Waals surface area contributed by atoms with Crippen LogP contribution in [0.4, 0.5) is 0 Å². The number of rotatable bonds is 22. The molecule has 0 aliphatic heterocycles. The minimum Gasteiger partial charge on any atom is -0.494 e. The number of ether oxygens (including phenoxy) is 6. The summed E-state index contributed by atoms with van der Waals surface area (Å²) in [6, 6.07) is 45.0. The molecule has 6 aromatic carbocycles. The summed E-state index contributed by atoms with van der Waals surface area (Å²) < 4.78 is 49.9. The molecule has 0 saturated carbocycles. The summed E-state index contributed by atoms with van der Waals surface area (Å²) in [4.78, 5) is 86.5. The van der Waals surface area contributed by atoms with Gasteiger partial charge in [-0.15, -0.1) is 0 Å². The number of carbonyl (C=O) groups is 6. The van der Waals surface area contributed by atoms with Crippen molar-refractivity contribution in [1.82, 2.24) is 24.8 Å². The van der Waals surface area contributed by atoms with Gasteiger partial charge in [0, 0.05) is 81.4 Å². The van der Waals surface area contributed by atoms with Gasteiger partial charge in [-0.25, -0.2) is 0 Å². The summed E-state index contributed by atoms with van der Waals surface area (Å²) in [7, 11) is 7.79. The number of nitrogens with two attached hydrogens (primary N) is 1. The molecule has 0 bridgehead atoms. The molecule has 12 rings (SSSR count). The molecule has 0 unspecified atom stereocenters. The second-order valence-corrected chi connectivity index (χ2v) is 34.8. The Bertz CT molecular complexity index is 4930. The van der Waals surface area contributed by atoms with Crippen molar-refractivity contribution in [2.45, 2.75) is 158 Å². The zero-order valence-corrected chi connectivity index (χ0v) is 71.6. The molecular weight excluding hydrogens is 1440 g/mol. The summed E-state index contributed by atoms with van der Waals surface area (Å²) in [6.07, 6.45) is 1.95. The Labute approximate surface area is 671 Å². The van der Waals surface area contributed by atoms with Crippen LogP contribution in [0, 0.1) is 32.5 Å². The molecule has 21 nitrogen and oxygen atoms in total. The van der Waals surface area contributed by atoms with E-state index in [2.05, 4.69) is 28.8 Å². The standard InChI is InChI=1S/C16H22N2O2.C16H21NO3.C16H21NO2.C16H20O3.C15H18O3.C14H18N2O2/c1-16(2,3)15(19)14-9-11-8-12(20-10-18(4)5)6-7-13(11)17-14;1-16(2,3)15(18)14-9-11-8-12(19-10-17(4)5)6-7-13(11)20-14;1-5-8-19-12-6-7-13-11(9-12)10-14(17-13)15(18)16(2,3)4;1-5-8-18-12-6-7-13-11(9-12)10-14(19-13)15(17)16(2,3)4;1-5-17-11-6-7-12-10(8-11)9-13(18-12)14(16)15(2,3)4;1-14(2,3)13(17)12-7-9-6-10(18-8-15)4-5-11(9)16-12/h6-9,17H,10H2,1-5H3;6-9H,10H2,1-5H3;6-7,9-10,17H,5,8H2,1-4H3;6-7,9-10H,5,8H2,1-4H3;6-9H,5H2,1-4H3;4-7,16H,8,15H2,1-3H3. The van der Waals surface area contributed by atoms with E-state index >= 15 is 0 Å². The number of Topliss-reactive ketones (excluding diaryl/α,β-unsaturated/α-hetero) is 6. The number of hydrogen-bond acceptors (Lipinski definition) is 18. The lowest BCUT2D eigenvalue weighted by atomic mass is 9.89. The molecule has 6 heterocycles. The number of H-pyrrole nitrogens is 3. The fraction of sp³-hybridized carbons (Fsp3) is 0.419. The van der Waals surface area contributed by atoms with Crippen molar-refractivity contribution >= 4 is 100 Å². The highest BCUT2D eigenvalue weighted by molar-refractivity contribution is 6.06. The van der Waals surface area contributed by atoms with Gasteiger partial charge in [0.15, 0.2) is 34.6 Å². The average molecular weight is 1560 g/mol. The van der Waals surface area contributed by atoms with E-state index in [4.69, 9.17) is 47.4 Å². The van der Waals surface area contributed by atoms with Crippen LogP contribution in [-0.2, 0) is 0 Å². The Kier molecular flexibility index (Phi) is 30.5. The first-order chi connectivity index (χ1) is 53.2. The lowest BCUT2D eigenvalue weighted by molar-refractivity contribution is 0.0825. The Morgan fingerprint density at radius 2 is 0.561 bits per heavy atom. The smallest absolute Gasteiger partial charge is 0.203 e. The zero-order chi connectivity index (χ0) is 84.6. The number of nitrogens with zero attached hydrogens (tertiary/aromatic N) is 2. The molecule has 0 saturated heterocycles. The fourth-order valence-electron chi connectivity index (χ4n) is 11.1. The molecule has 21 heteroatoms. The van der Waals surface area contributed by atoms with Crippen LogP contribution >= 0.6 is 0 Å². The van der Waals surface area contributed by atoms with Crippen LogP contribution in [0.3, 0.4) is 0 Å². The van der Waals surface area contributed by atoms with Crippen LogP contribution in [0.5, 0.6) is 34.5 Å². The van der Waals surface area contributed by atoms with Crippen molar-refractivity contribution < 1.29 is 70.4 Å². The van der Waals surface area contributed by atoms with Crippen molar-refractivity contribution in [3.05, 3.63) is 180 Å². The van der Waals surface area contributed by atoms with Crippen LogP contribution in [-0.4, -0.2) is 128 Å². The first kappa shape index (κ1) is 90.5. The normalized spacial score (nSPS) is 11.9. The largest absolute Gasteiger partial charge is 0.494 e. The zero-order valence-electron chi connectivity index (χ0n) is 71.6. The van der Waals surface area contributed by atoms with Gasteiger partial charge in [-0.3, -0.25) is 44.3 Å². The third kappa shape index (κ3) is 25.6. The highest BCUT2D eigenvalue weighted by atomic mass is 16.5. The summed E-state index contributed by atoms with van der Waals surface area (Å²) in [5.74, 6) is 6.32. The maximum atomic E-state index is 12.3. The Balaban J connectivity index is 0.000000190. The first-order valence-electron chi connectivity index (χ1n) is 38.7. The number of nitrogens with one attached hydrogen (secondary N) is 3. The average Bonchev–Trinajstić information content (AvgIpc) is 1.70. The first-order valence-corrected chi connectivity index (χ1v) is 38.7. The molecule has 12 aromatic rings. The van der Waals surface area contributed by atoms with Crippen LogP contribution in [0.1, 0.15) is 221 Å². The van der Waals surface area contributed by atoms with Gasteiger partial charge < -0.3 is 56.6 Å². The molecular formula is C93H120N6O15. The van der Waals surface area contributed by atoms with E-state index < -0.39 is 21.7 Å². The van der Waals surface area contributed by atoms with Crippen LogP contribution < -0.4 is 34.2 Å². The van der Waals surface area contributed by atoms with Crippen LogP contribution in [0.25, 0.3) is 65.6 Å². The van der Waals surface area contributed by atoms with E-state index in [1.54, 1.807) is 18.2 Å². The third-order valence-electron chi connectivity index (χ3n) is 17.2. The topological polar surface area (TPSA) is 277 Å². The van der Waals surface area contributed by atoms with E-state index in [-0.39, 0.29) is 52.3 Å². The lowest BCUT2D eigenvalue weighted by Gasteiger charge is -2.14.